The summed E-state index contributed by atoms with van der Waals surface area (Å²) in [6.07, 6.45) is 0. The van der Waals surface area contributed by atoms with Crippen LogP contribution in [0.4, 0.5) is 4.79 Å². The van der Waals surface area contributed by atoms with Gasteiger partial charge < -0.3 is 15.7 Å². The smallest absolute Gasteiger partial charge is 0.315 e. The van der Waals surface area contributed by atoms with Gasteiger partial charge in [0, 0.05) is 17.5 Å². The van der Waals surface area contributed by atoms with Crippen LogP contribution in [0.1, 0.15) is 31.7 Å². The lowest BCUT2D eigenvalue weighted by atomic mass is 10.1. The van der Waals surface area contributed by atoms with Gasteiger partial charge in [0.25, 0.3) is 0 Å². The van der Waals surface area contributed by atoms with Crippen LogP contribution in [0.2, 0.25) is 4.34 Å². The highest BCUT2D eigenvalue weighted by Crippen LogP contribution is 2.26. The van der Waals surface area contributed by atoms with E-state index in [1.807, 2.05) is 32.9 Å². The highest BCUT2D eigenvalue weighted by molar-refractivity contribution is 7.16. The van der Waals surface area contributed by atoms with Crippen LogP contribution in [-0.2, 0) is 0 Å². The third-order valence-corrected chi connectivity index (χ3v) is 4.28. The van der Waals surface area contributed by atoms with Crippen LogP contribution in [0.3, 0.4) is 0 Å². The van der Waals surface area contributed by atoms with Gasteiger partial charge in [0.05, 0.1) is 10.4 Å². The molecule has 0 radical (unpaired) electrons. The van der Waals surface area contributed by atoms with Crippen molar-refractivity contribution in [3.63, 3.8) is 0 Å². The summed E-state index contributed by atoms with van der Waals surface area (Å²) in [5.74, 6) is 0.0299. The van der Waals surface area contributed by atoms with Crippen LogP contribution in [0, 0.1) is 5.92 Å². The molecule has 4 nitrogen and oxygen atoms in total. The molecule has 3 atom stereocenters. The minimum Gasteiger partial charge on any atom is -0.396 e. The fraction of sp³-hybridized carbons (Fsp3) is 0.583. The predicted molar refractivity (Wildman–Crippen MR) is 75.1 cm³/mol. The largest absolute Gasteiger partial charge is 0.396 e. The van der Waals surface area contributed by atoms with Gasteiger partial charge in [-0.3, -0.25) is 0 Å². The topological polar surface area (TPSA) is 61.4 Å². The van der Waals surface area contributed by atoms with Crippen molar-refractivity contribution >= 4 is 29.0 Å². The van der Waals surface area contributed by atoms with E-state index in [4.69, 9.17) is 16.7 Å². The van der Waals surface area contributed by atoms with Crippen LogP contribution in [-0.4, -0.2) is 23.8 Å². The lowest BCUT2D eigenvalue weighted by Crippen LogP contribution is -2.44. The summed E-state index contributed by atoms with van der Waals surface area (Å²) in [6.45, 7) is 5.71. The second-order valence-corrected chi connectivity index (χ2v) is 6.18. The van der Waals surface area contributed by atoms with Gasteiger partial charge in [-0.1, -0.05) is 18.5 Å². The number of carbonyl (C=O) groups excluding carboxylic acids is 1. The number of aliphatic hydroxyl groups excluding tert-OH is 1. The van der Waals surface area contributed by atoms with Gasteiger partial charge in [-0.15, -0.1) is 11.3 Å². The molecule has 0 saturated heterocycles. The summed E-state index contributed by atoms with van der Waals surface area (Å²) >= 11 is 7.30. The highest BCUT2D eigenvalue weighted by atomic mass is 35.5. The normalized spacial score (nSPS) is 15.8. The molecular formula is C12H19ClN2O2S. The molecule has 0 fully saturated rings. The second-order valence-electron chi connectivity index (χ2n) is 4.43. The van der Waals surface area contributed by atoms with Crippen molar-refractivity contribution < 1.29 is 9.90 Å². The maximum atomic E-state index is 11.7. The Labute approximate surface area is 116 Å². The summed E-state index contributed by atoms with van der Waals surface area (Å²) < 4.78 is 0.710. The van der Waals surface area contributed by atoms with Crippen molar-refractivity contribution in [3.8, 4) is 0 Å². The van der Waals surface area contributed by atoms with Crippen LogP contribution >= 0.6 is 22.9 Å². The second kappa shape index (κ2) is 6.97. The predicted octanol–water partition coefficient (Wildman–Crippen LogP) is 2.78. The Bertz CT molecular complexity index is 397. The molecule has 0 spiro atoms. The summed E-state index contributed by atoms with van der Waals surface area (Å²) in [5, 5.41) is 14.6. The monoisotopic (exact) mass is 290 g/mol. The van der Waals surface area contributed by atoms with Gasteiger partial charge in [0.2, 0.25) is 0 Å². The van der Waals surface area contributed by atoms with E-state index < -0.39 is 0 Å². The lowest BCUT2D eigenvalue weighted by Gasteiger charge is -2.21. The molecule has 3 N–H and O–H groups in total. The van der Waals surface area contributed by atoms with Gasteiger partial charge >= 0.3 is 6.03 Å². The van der Waals surface area contributed by atoms with Crippen LogP contribution < -0.4 is 10.6 Å². The maximum Gasteiger partial charge on any atom is 0.315 e. The van der Waals surface area contributed by atoms with Crippen molar-refractivity contribution in [2.24, 2.45) is 5.92 Å². The average Bonchev–Trinajstić information content (AvgIpc) is 2.74. The number of rotatable bonds is 5. The number of hydrogen-bond acceptors (Lipinski definition) is 3. The number of aliphatic hydroxyl groups is 1. The molecule has 0 aliphatic heterocycles. The number of urea groups is 1. The van der Waals surface area contributed by atoms with Gasteiger partial charge in [-0.2, -0.15) is 0 Å². The zero-order valence-corrected chi connectivity index (χ0v) is 12.3. The molecule has 1 aromatic rings. The standard InChI is InChI=1S/C12H19ClN2O2S/c1-7(6-16)8(2)14-12(17)15-9(3)10-4-5-11(13)18-10/h4-5,7-9,16H,6H2,1-3H3,(H2,14,15,17). The summed E-state index contributed by atoms with van der Waals surface area (Å²) in [6, 6.07) is 3.32. The molecule has 1 heterocycles. The Morgan fingerprint density at radius 2 is 2.06 bits per heavy atom. The number of nitrogens with one attached hydrogen (secondary N) is 2. The van der Waals surface area contributed by atoms with Crippen molar-refractivity contribution in [3.05, 3.63) is 21.3 Å². The first-order valence-electron chi connectivity index (χ1n) is 5.87. The van der Waals surface area contributed by atoms with E-state index in [2.05, 4.69) is 10.6 Å². The van der Waals surface area contributed by atoms with E-state index in [1.54, 1.807) is 0 Å². The molecule has 1 aromatic heterocycles. The van der Waals surface area contributed by atoms with Crippen molar-refractivity contribution in [2.45, 2.75) is 32.9 Å². The minimum absolute atomic E-state index is 0.0299. The van der Waals surface area contributed by atoms with Crippen LogP contribution in [0.15, 0.2) is 12.1 Å². The molecule has 0 aromatic carbocycles. The molecule has 6 heteroatoms. The van der Waals surface area contributed by atoms with Gasteiger partial charge in [0.1, 0.15) is 0 Å². The molecule has 0 aliphatic rings. The third-order valence-electron chi connectivity index (χ3n) is 2.87. The first-order valence-corrected chi connectivity index (χ1v) is 7.06. The Morgan fingerprint density at radius 3 is 2.56 bits per heavy atom. The van der Waals surface area contributed by atoms with Gasteiger partial charge in [0.15, 0.2) is 0 Å². The Hall–Kier alpha value is -0.780. The van der Waals surface area contributed by atoms with E-state index in [-0.39, 0.29) is 30.6 Å². The quantitative estimate of drug-likeness (QED) is 0.781. The van der Waals surface area contributed by atoms with E-state index >= 15 is 0 Å². The first kappa shape index (κ1) is 15.3. The molecule has 0 aliphatic carbocycles. The average molecular weight is 291 g/mol. The molecule has 2 amide bonds. The van der Waals surface area contributed by atoms with E-state index in [0.717, 1.165) is 4.88 Å². The number of hydrogen-bond donors (Lipinski definition) is 3. The molecule has 3 unspecified atom stereocenters. The number of halogens is 1. The zero-order valence-electron chi connectivity index (χ0n) is 10.7. The fourth-order valence-corrected chi connectivity index (χ4v) is 2.44. The fourth-order valence-electron chi connectivity index (χ4n) is 1.38. The summed E-state index contributed by atoms with van der Waals surface area (Å²) in [7, 11) is 0. The summed E-state index contributed by atoms with van der Waals surface area (Å²) in [5.41, 5.74) is 0. The van der Waals surface area contributed by atoms with E-state index in [9.17, 15) is 4.79 Å². The number of amides is 2. The van der Waals surface area contributed by atoms with Crippen molar-refractivity contribution in [2.75, 3.05) is 6.61 Å². The highest BCUT2D eigenvalue weighted by Gasteiger charge is 2.16. The van der Waals surface area contributed by atoms with Crippen LogP contribution in [0.25, 0.3) is 0 Å². The van der Waals surface area contributed by atoms with Gasteiger partial charge in [-0.25, -0.2) is 4.79 Å². The SMILES string of the molecule is CC(NC(=O)NC(C)C(C)CO)c1ccc(Cl)s1. The number of carbonyl (C=O) groups is 1. The first-order chi connectivity index (χ1) is 8.43. The van der Waals surface area contributed by atoms with Gasteiger partial charge in [-0.05, 0) is 31.9 Å². The van der Waals surface area contributed by atoms with Crippen LogP contribution in [0.5, 0.6) is 0 Å². The molecule has 0 bridgehead atoms. The third kappa shape index (κ3) is 4.48. The molecule has 18 heavy (non-hydrogen) atoms. The van der Waals surface area contributed by atoms with E-state index in [0.29, 0.717) is 4.34 Å². The van der Waals surface area contributed by atoms with Crippen molar-refractivity contribution in [1.82, 2.24) is 10.6 Å². The molecule has 0 saturated carbocycles. The zero-order chi connectivity index (χ0) is 13.7. The lowest BCUT2D eigenvalue weighted by molar-refractivity contribution is 0.199. The molecule has 1 rings (SSSR count). The maximum absolute atomic E-state index is 11.7. The summed E-state index contributed by atoms with van der Waals surface area (Å²) in [4.78, 5) is 12.7. The molecule has 102 valence electrons. The Morgan fingerprint density at radius 1 is 1.39 bits per heavy atom. The number of thiophene rings is 1. The van der Waals surface area contributed by atoms with Crippen molar-refractivity contribution in [1.29, 1.82) is 0 Å². The Balaban J connectivity index is 2.45. The molecular weight excluding hydrogens is 272 g/mol. The minimum atomic E-state index is -0.236. The van der Waals surface area contributed by atoms with E-state index in [1.165, 1.54) is 11.3 Å². The Kier molecular flexibility index (Phi) is 5.91.